The Morgan fingerprint density at radius 2 is 2.20 bits per heavy atom. The first-order chi connectivity index (χ1) is 9.48. The number of thioether (sulfide) groups is 1. The van der Waals surface area contributed by atoms with Crippen molar-refractivity contribution in [2.24, 2.45) is 0 Å². The number of hydrogen-bond donors (Lipinski definition) is 1. The van der Waals surface area contributed by atoms with Gasteiger partial charge in [-0.3, -0.25) is 0 Å². The molecule has 2 heterocycles. The normalized spacial score (nSPS) is 19.1. The maximum atomic E-state index is 4.65. The van der Waals surface area contributed by atoms with Crippen molar-refractivity contribution >= 4 is 17.6 Å². The third-order valence-corrected chi connectivity index (χ3v) is 5.08. The Morgan fingerprint density at radius 3 is 2.95 bits per heavy atom. The molecule has 1 aromatic rings. The van der Waals surface area contributed by atoms with Crippen LogP contribution < -0.4 is 10.2 Å². The number of hydrogen-bond acceptors (Lipinski definition) is 4. The average Bonchev–Trinajstić information content (AvgIpc) is 2.58. The van der Waals surface area contributed by atoms with Crippen LogP contribution in [-0.2, 0) is 6.54 Å². The molecule has 3 nitrogen and oxygen atoms in total. The molecule has 20 heavy (non-hydrogen) atoms. The van der Waals surface area contributed by atoms with E-state index in [-0.39, 0.29) is 0 Å². The van der Waals surface area contributed by atoms with E-state index in [4.69, 9.17) is 0 Å². The highest BCUT2D eigenvalue weighted by Crippen LogP contribution is 2.32. The van der Waals surface area contributed by atoms with Crippen LogP contribution in [0.5, 0.6) is 0 Å². The van der Waals surface area contributed by atoms with Gasteiger partial charge in [-0.25, -0.2) is 4.98 Å². The highest BCUT2D eigenvalue weighted by atomic mass is 32.2. The number of anilines is 1. The SMILES string of the molecule is CC(C)NCc1cccnc1N1CCSC(C)(C)CC1. The van der Waals surface area contributed by atoms with Crippen LogP contribution >= 0.6 is 11.8 Å². The molecule has 112 valence electrons. The van der Waals surface area contributed by atoms with Crippen LogP contribution in [-0.4, -0.2) is 34.6 Å². The second-order valence-corrected chi connectivity index (χ2v) is 8.17. The summed E-state index contributed by atoms with van der Waals surface area (Å²) in [7, 11) is 0. The van der Waals surface area contributed by atoms with Gasteiger partial charge >= 0.3 is 0 Å². The van der Waals surface area contributed by atoms with Crippen molar-refractivity contribution in [2.45, 2.75) is 51.4 Å². The summed E-state index contributed by atoms with van der Waals surface area (Å²) in [6, 6.07) is 4.74. The smallest absolute Gasteiger partial charge is 0.133 e. The molecule has 0 spiro atoms. The zero-order chi connectivity index (χ0) is 14.6. The summed E-state index contributed by atoms with van der Waals surface area (Å²) in [5, 5.41) is 3.50. The van der Waals surface area contributed by atoms with Gasteiger partial charge in [-0.05, 0) is 12.5 Å². The van der Waals surface area contributed by atoms with Crippen molar-refractivity contribution in [2.75, 3.05) is 23.7 Å². The molecular formula is C16H27N3S. The van der Waals surface area contributed by atoms with Gasteiger partial charge in [0.05, 0.1) is 0 Å². The highest BCUT2D eigenvalue weighted by Gasteiger charge is 2.25. The Balaban J connectivity index is 2.11. The maximum Gasteiger partial charge on any atom is 0.133 e. The number of aromatic nitrogens is 1. The van der Waals surface area contributed by atoms with Gasteiger partial charge in [0.2, 0.25) is 0 Å². The van der Waals surface area contributed by atoms with Crippen LogP contribution in [0, 0.1) is 0 Å². The number of nitrogens with zero attached hydrogens (tertiary/aromatic N) is 2. The van der Waals surface area contributed by atoms with Gasteiger partial charge < -0.3 is 10.2 Å². The second-order valence-electron chi connectivity index (χ2n) is 6.37. The quantitative estimate of drug-likeness (QED) is 0.922. The molecule has 0 bridgehead atoms. The Kier molecular flexibility index (Phi) is 5.33. The zero-order valence-electron chi connectivity index (χ0n) is 13.1. The zero-order valence-corrected chi connectivity index (χ0v) is 14.0. The van der Waals surface area contributed by atoms with Crippen LogP contribution in [0.1, 0.15) is 39.7 Å². The maximum absolute atomic E-state index is 4.65. The third-order valence-electron chi connectivity index (χ3n) is 3.71. The van der Waals surface area contributed by atoms with Crippen molar-refractivity contribution in [1.29, 1.82) is 0 Å². The molecule has 0 radical (unpaired) electrons. The van der Waals surface area contributed by atoms with Crippen molar-refractivity contribution < 1.29 is 0 Å². The molecule has 1 saturated heterocycles. The molecule has 1 N–H and O–H groups in total. The van der Waals surface area contributed by atoms with Gasteiger partial charge in [-0.1, -0.05) is 33.8 Å². The Bertz CT molecular complexity index is 431. The van der Waals surface area contributed by atoms with Crippen molar-refractivity contribution in [3.05, 3.63) is 23.9 Å². The van der Waals surface area contributed by atoms with E-state index in [0.29, 0.717) is 10.8 Å². The molecule has 0 saturated carbocycles. The lowest BCUT2D eigenvalue weighted by molar-refractivity contribution is 0.584. The molecule has 1 aliphatic heterocycles. The molecular weight excluding hydrogens is 266 g/mol. The standard InChI is InChI=1S/C16H27N3S/c1-13(2)18-12-14-6-5-8-17-15(14)19-9-7-16(3,4)20-11-10-19/h5-6,8,13,18H,7,9-12H2,1-4H3. The van der Waals surface area contributed by atoms with Crippen molar-refractivity contribution in [1.82, 2.24) is 10.3 Å². The van der Waals surface area contributed by atoms with Crippen LogP contribution in [0.3, 0.4) is 0 Å². The summed E-state index contributed by atoms with van der Waals surface area (Å²) in [6.07, 6.45) is 3.13. The van der Waals surface area contributed by atoms with E-state index in [2.05, 4.69) is 60.7 Å². The van der Waals surface area contributed by atoms with Crippen molar-refractivity contribution in [3.8, 4) is 0 Å². The fraction of sp³-hybridized carbons (Fsp3) is 0.688. The molecule has 0 aliphatic carbocycles. The van der Waals surface area contributed by atoms with Gasteiger partial charge in [-0.15, -0.1) is 0 Å². The first kappa shape index (κ1) is 15.6. The van der Waals surface area contributed by atoms with Crippen LogP contribution in [0.4, 0.5) is 5.82 Å². The predicted octanol–water partition coefficient (Wildman–Crippen LogP) is 3.30. The van der Waals surface area contributed by atoms with Crippen LogP contribution in [0.2, 0.25) is 0 Å². The number of nitrogens with one attached hydrogen (secondary N) is 1. The first-order valence-corrected chi connectivity index (χ1v) is 8.53. The summed E-state index contributed by atoms with van der Waals surface area (Å²) in [5.74, 6) is 2.35. The first-order valence-electron chi connectivity index (χ1n) is 7.54. The van der Waals surface area contributed by atoms with E-state index in [1.165, 1.54) is 23.6 Å². The predicted molar refractivity (Wildman–Crippen MR) is 89.6 cm³/mol. The lowest BCUT2D eigenvalue weighted by Gasteiger charge is -2.25. The molecule has 1 aliphatic rings. The van der Waals surface area contributed by atoms with E-state index in [9.17, 15) is 0 Å². The Hall–Kier alpha value is -0.740. The fourth-order valence-electron chi connectivity index (χ4n) is 2.40. The topological polar surface area (TPSA) is 28.2 Å². The summed E-state index contributed by atoms with van der Waals surface area (Å²) >= 11 is 2.08. The van der Waals surface area contributed by atoms with Crippen LogP contribution in [0.25, 0.3) is 0 Å². The number of rotatable bonds is 4. The van der Waals surface area contributed by atoms with E-state index >= 15 is 0 Å². The van der Waals surface area contributed by atoms with E-state index in [1.54, 1.807) is 0 Å². The molecule has 0 unspecified atom stereocenters. The second kappa shape index (κ2) is 6.81. The van der Waals surface area contributed by atoms with Gasteiger partial charge in [0, 0.05) is 47.9 Å². The van der Waals surface area contributed by atoms with Gasteiger partial charge in [0.1, 0.15) is 5.82 Å². The molecule has 4 heteroatoms. The third kappa shape index (κ3) is 4.38. The largest absolute Gasteiger partial charge is 0.355 e. The monoisotopic (exact) mass is 293 g/mol. The molecule has 2 rings (SSSR count). The molecule has 0 aromatic carbocycles. The fourth-order valence-corrected chi connectivity index (χ4v) is 3.50. The number of pyridine rings is 1. The minimum absolute atomic E-state index is 0.389. The highest BCUT2D eigenvalue weighted by molar-refractivity contribution is 8.00. The Morgan fingerprint density at radius 1 is 1.40 bits per heavy atom. The minimum atomic E-state index is 0.389. The Labute approximate surface area is 127 Å². The average molecular weight is 293 g/mol. The van der Waals surface area contributed by atoms with Crippen molar-refractivity contribution in [3.63, 3.8) is 0 Å². The molecule has 0 amide bonds. The van der Waals surface area contributed by atoms with Gasteiger partial charge in [0.25, 0.3) is 0 Å². The summed E-state index contributed by atoms with van der Waals surface area (Å²) in [6.45, 7) is 12.2. The van der Waals surface area contributed by atoms with E-state index in [1.807, 2.05) is 12.3 Å². The molecule has 1 aromatic heterocycles. The molecule has 1 fully saturated rings. The lowest BCUT2D eigenvalue weighted by atomic mass is 10.1. The van der Waals surface area contributed by atoms with Gasteiger partial charge in [-0.2, -0.15) is 11.8 Å². The van der Waals surface area contributed by atoms with Gasteiger partial charge in [0.15, 0.2) is 0 Å². The summed E-state index contributed by atoms with van der Waals surface area (Å²) in [5.41, 5.74) is 1.31. The summed E-state index contributed by atoms with van der Waals surface area (Å²) < 4.78 is 0.389. The van der Waals surface area contributed by atoms with E-state index < -0.39 is 0 Å². The molecule has 0 atom stereocenters. The van der Waals surface area contributed by atoms with Crippen LogP contribution in [0.15, 0.2) is 18.3 Å². The summed E-state index contributed by atoms with van der Waals surface area (Å²) in [4.78, 5) is 7.10. The minimum Gasteiger partial charge on any atom is -0.355 e. The lowest BCUT2D eigenvalue weighted by Crippen LogP contribution is -2.30. The van der Waals surface area contributed by atoms with E-state index in [0.717, 1.165) is 19.6 Å².